The summed E-state index contributed by atoms with van der Waals surface area (Å²) in [6, 6.07) is 4.95. The summed E-state index contributed by atoms with van der Waals surface area (Å²) in [6.07, 6.45) is 0.324. The normalized spacial score (nSPS) is 11.1. The fourth-order valence-corrected chi connectivity index (χ4v) is 1.33. The molecule has 0 spiro atoms. The number of aromatic carboxylic acids is 1. The maximum Gasteiger partial charge on any atom is 0.342 e. The monoisotopic (exact) mass is 254 g/mol. The van der Waals surface area contributed by atoms with E-state index >= 15 is 0 Å². The molecule has 1 aromatic rings. The minimum absolute atomic E-state index is 0.0272. The maximum absolute atomic E-state index is 11.5. The van der Waals surface area contributed by atoms with Gasteiger partial charge < -0.3 is 20.1 Å². The van der Waals surface area contributed by atoms with Crippen molar-refractivity contribution in [1.29, 1.82) is 0 Å². The van der Waals surface area contributed by atoms with Crippen LogP contribution in [0.3, 0.4) is 0 Å². The van der Waals surface area contributed by atoms with E-state index in [-0.39, 0.29) is 17.5 Å². The van der Waals surface area contributed by atoms with Gasteiger partial charge in [-0.3, -0.25) is 0 Å². The molecular formula is C12H14O6. The largest absolute Gasteiger partial charge is 0.478 e. The molecule has 0 atom stereocenters. The van der Waals surface area contributed by atoms with Crippen LogP contribution in [0.2, 0.25) is 0 Å². The molecule has 0 unspecified atom stereocenters. The lowest BCUT2D eigenvalue weighted by atomic mass is 10.1. The number of hydrogen-bond acceptors (Lipinski definition) is 5. The minimum atomic E-state index is -2.50. The van der Waals surface area contributed by atoms with Gasteiger partial charge in [0, 0.05) is 6.42 Å². The number of benzene rings is 1. The van der Waals surface area contributed by atoms with Crippen LogP contribution in [0.5, 0.6) is 0 Å². The third-order valence-electron chi connectivity index (χ3n) is 2.20. The van der Waals surface area contributed by atoms with Crippen molar-refractivity contribution in [2.45, 2.75) is 25.7 Å². The highest BCUT2D eigenvalue weighted by molar-refractivity contribution is 5.92. The van der Waals surface area contributed by atoms with Crippen LogP contribution < -0.4 is 0 Å². The predicted molar refractivity (Wildman–Crippen MR) is 60.9 cm³/mol. The molecule has 0 fully saturated rings. The van der Waals surface area contributed by atoms with E-state index in [2.05, 4.69) is 4.74 Å². The van der Waals surface area contributed by atoms with E-state index in [9.17, 15) is 19.8 Å². The summed E-state index contributed by atoms with van der Waals surface area (Å²) in [6.45, 7) is 1.71. The Bertz CT molecular complexity index is 434. The van der Waals surface area contributed by atoms with E-state index in [4.69, 9.17) is 5.11 Å². The molecule has 0 aromatic heterocycles. The van der Waals surface area contributed by atoms with Crippen molar-refractivity contribution < 1.29 is 29.6 Å². The van der Waals surface area contributed by atoms with Gasteiger partial charge in [-0.1, -0.05) is 6.92 Å². The van der Waals surface area contributed by atoms with E-state index in [0.717, 1.165) is 0 Å². The fraction of sp³-hybridized carbons (Fsp3) is 0.333. The molecule has 1 aromatic carbocycles. The first-order valence-corrected chi connectivity index (χ1v) is 5.37. The molecule has 0 aliphatic heterocycles. The molecule has 0 bridgehead atoms. The van der Waals surface area contributed by atoms with Gasteiger partial charge in [-0.15, -0.1) is 0 Å². The van der Waals surface area contributed by atoms with Crippen LogP contribution in [-0.2, 0) is 4.74 Å². The number of carbonyl (C=O) groups is 2. The second-order valence-electron chi connectivity index (χ2n) is 3.77. The minimum Gasteiger partial charge on any atom is -0.478 e. The molecule has 3 N–H and O–H groups in total. The van der Waals surface area contributed by atoms with E-state index in [1.807, 2.05) is 0 Å². The summed E-state index contributed by atoms with van der Waals surface area (Å²) in [4.78, 5) is 22.1. The van der Waals surface area contributed by atoms with Crippen molar-refractivity contribution in [3.63, 3.8) is 0 Å². The lowest BCUT2D eigenvalue weighted by molar-refractivity contribution is -0.310. The average molecular weight is 254 g/mol. The molecule has 1 rings (SSSR count). The van der Waals surface area contributed by atoms with E-state index in [1.165, 1.54) is 24.3 Å². The highest BCUT2D eigenvalue weighted by atomic mass is 16.8. The van der Waals surface area contributed by atoms with Gasteiger partial charge in [-0.2, -0.15) is 0 Å². The Morgan fingerprint density at radius 2 is 1.67 bits per heavy atom. The Morgan fingerprint density at radius 3 is 2.11 bits per heavy atom. The zero-order valence-corrected chi connectivity index (χ0v) is 9.79. The highest BCUT2D eigenvalue weighted by Crippen LogP contribution is 2.14. The lowest BCUT2D eigenvalue weighted by Gasteiger charge is -2.20. The van der Waals surface area contributed by atoms with Crippen LogP contribution in [0.25, 0.3) is 0 Å². The van der Waals surface area contributed by atoms with Crippen molar-refractivity contribution >= 4 is 11.9 Å². The van der Waals surface area contributed by atoms with Crippen LogP contribution in [0.1, 0.15) is 40.5 Å². The molecule has 0 heterocycles. The Balaban J connectivity index is 2.76. The molecule has 0 aliphatic rings. The number of carboxylic acids is 1. The maximum atomic E-state index is 11.5. The summed E-state index contributed by atoms with van der Waals surface area (Å²) in [5, 5.41) is 27.3. The number of esters is 1. The zero-order valence-electron chi connectivity index (χ0n) is 9.79. The van der Waals surface area contributed by atoms with Crippen molar-refractivity contribution in [3.05, 3.63) is 35.4 Å². The van der Waals surface area contributed by atoms with Gasteiger partial charge in [0.2, 0.25) is 0 Å². The van der Waals surface area contributed by atoms with Crippen molar-refractivity contribution in [2.75, 3.05) is 0 Å². The molecule has 18 heavy (non-hydrogen) atoms. The van der Waals surface area contributed by atoms with Gasteiger partial charge in [0.1, 0.15) is 0 Å². The second kappa shape index (κ2) is 5.61. The lowest BCUT2D eigenvalue weighted by Crippen LogP contribution is -2.34. The summed E-state index contributed by atoms with van der Waals surface area (Å²) in [7, 11) is 0. The van der Waals surface area contributed by atoms with Crippen molar-refractivity contribution in [1.82, 2.24) is 0 Å². The molecule has 6 heteroatoms. The van der Waals surface area contributed by atoms with Crippen molar-refractivity contribution in [2.24, 2.45) is 0 Å². The number of carbonyl (C=O) groups excluding carboxylic acids is 1. The Kier molecular flexibility index (Phi) is 4.41. The van der Waals surface area contributed by atoms with Gasteiger partial charge in [0.25, 0.3) is 0 Å². The summed E-state index contributed by atoms with van der Waals surface area (Å²) < 4.78 is 4.49. The number of hydrogen-bond donors (Lipinski definition) is 3. The Morgan fingerprint density at radius 1 is 1.17 bits per heavy atom. The second-order valence-corrected chi connectivity index (χ2v) is 3.77. The quantitative estimate of drug-likeness (QED) is 0.534. The van der Waals surface area contributed by atoms with E-state index < -0.39 is 17.9 Å². The SMILES string of the molecule is CCCC(O)(O)OC(=O)c1ccc(C(=O)O)cc1. The van der Waals surface area contributed by atoms with E-state index in [1.54, 1.807) is 6.92 Å². The highest BCUT2D eigenvalue weighted by Gasteiger charge is 2.27. The zero-order chi connectivity index (χ0) is 13.8. The number of rotatable bonds is 5. The molecule has 0 saturated carbocycles. The predicted octanol–water partition coefficient (Wildman–Crippen LogP) is 0.980. The van der Waals surface area contributed by atoms with Crippen LogP contribution in [-0.4, -0.2) is 33.2 Å². The molecule has 6 nitrogen and oxygen atoms in total. The number of carboxylic acid groups (broad SMARTS) is 1. The van der Waals surface area contributed by atoms with Gasteiger partial charge in [-0.05, 0) is 30.7 Å². The Hall–Kier alpha value is -1.92. The average Bonchev–Trinajstić information content (AvgIpc) is 2.28. The standard InChI is InChI=1S/C12H14O6/c1-2-7-12(16,17)18-11(15)9-5-3-8(4-6-9)10(13)14/h3-6,16-17H,2,7H2,1H3,(H,13,14). The van der Waals surface area contributed by atoms with Gasteiger partial charge in [-0.25, -0.2) is 9.59 Å². The van der Waals surface area contributed by atoms with Gasteiger partial charge >= 0.3 is 17.9 Å². The Labute approximate surface area is 103 Å². The molecule has 0 radical (unpaired) electrons. The van der Waals surface area contributed by atoms with E-state index in [0.29, 0.717) is 6.42 Å². The third-order valence-corrected chi connectivity index (χ3v) is 2.20. The number of ether oxygens (including phenoxy) is 1. The summed E-state index contributed by atoms with van der Waals surface area (Å²) in [5.41, 5.74) is 0.0722. The summed E-state index contributed by atoms with van der Waals surface area (Å²) in [5.74, 6) is -4.54. The van der Waals surface area contributed by atoms with Crippen molar-refractivity contribution in [3.8, 4) is 0 Å². The smallest absolute Gasteiger partial charge is 0.342 e. The fourth-order valence-electron chi connectivity index (χ4n) is 1.33. The third kappa shape index (κ3) is 3.83. The molecule has 98 valence electrons. The molecule has 0 saturated heterocycles. The van der Waals surface area contributed by atoms with Gasteiger partial charge in [0.15, 0.2) is 0 Å². The molecule has 0 amide bonds. The van der Waals surface area contributed by atoms with Crippen LogP contribution in [0.15, 0.2) is 24.3 Å². The molecule has 0 aliphatic carbocycles. The topological polar surface area (TPSA) is 104 Å². The van der Waals surface area contributed by atoms with Crippen LogP contribution in [0.4, 0.5) is 0 Å². The summed E-state index contributed by atoms with van der Waals surface area (Å²) >= 11 is 0. The number of aliphatic hydroxyl groups is 2. The first kappa shape index (κ1) is 14.1. The molecular weight excluding hydrogens is 240 g/mol. The van der Waals surface area contributed by atoms with Crippen LogP contribution in [0, 0.1) is 0 Å². The van der Waals surface area contributed by atoms with Crippen LogP contribution >= 0.6 is 0 Å². The van der Waals surface area contributed by atoms with Gasteiger partial charge in [0.05, 0.1) is 11.1 Å². The first-order chi connectivity index (χ1) is 8.35. The first-order valence-electron chi connectivity index (χ1n) is 5.37.